The van der Waals surface area contributed by atoms with Gasteiger partial charge >= 0.3 is 6.09 Å². The van der Waals surface area contributed by atoms with Crippen molar-refractivity contribution in [3.63, 3.8) is 0 Å². The molecule has 1 fully saturated rings. The number of carbonyl (C=O) groups excluding carboxylic acids is 1. The number of carbonyl (C=O) groups is 1. The summed E-state index contributed by atoms with van der Waals surface area (Å²) in [5, 5.41) is 3.48. The number of benzene rings is 1. The van der Waals surface area contributed by atoms with Crippen molar-refractivity contribution in [1.82, 2.24) is 10.2 Å². The number of nitrogens with one attached hydrogen (secondary N) is 1. The van der Waals surface area contributed by atoms with Crippen LogP contribution in [0.3, 0.4) is 0 Å². The lowest BCUT2D eigenvalue weighted by Crippen LogP contribution is -2.36. The normalized spacial score (nSPS) is 18.3. The van der Waals surface area contributed by atoms with Crippen molar-refractivity contribution < 1.29 is 13.9 Å². The Morgan fingerprint density at radius 1 is 1.48 bits per heavy atom. The molecule has 0 aromatic heterocycles. The smallest absolute Gasteiger partial charge is 0.410 e. The van der Waals surface area contributed by atoms with E-state index < -0.39 is 11.4 Å². The van der Waals surface area contributed by atoms with Gasteiger partial charge in [-0.15, -0.1) is 0 Å². The zero-order valence-corrected chi connectivity index (χ0v) is 14.6. The number of likely N-dealkylation sites (tertiary alicyclic amines) is 1. The van der Waals surface area contributed by atoms with Crippen LogP contribution in [0.4, 0.5) is 9.18 Å². The molecule has 1 aromatic carbocycles. The lowest BCUT2D eigenvalue weighted by molar-refractivity contribution is 0.0288. The molecule has 1 atom stereocenters. The Kier molecular flexibility index (Phi) is 5.87. The quantitative estimate of drug-likeness (QED) is 0.904. The molecule has 4 nitrogen and oxygen atoms in total. The van der Waals surface area contributed by atoms with Crippen LogP contribution < -0.4 is 5.32 Å². The maximum absolute atomic E-state index is 13.1. The van der Waals surface area contributed by atoms with E-state index in [0.717, 1.165) is 25.1 Å². The van der Waals surface area contributed by atoms with Gasteiger partial charge in [-0.25, -0.2) is 9.18 Å². The summed E-state index contributed by atoms with van der Waals surface area (Å²) in [6, 6.07) is 4.72. The molecule has 1 aliphatic rings. The second kappa shape index (κ2) is 7.49. The molecular formula is C17H24ClFN2O2. The third-order valence-electron chi connectivity index (χ3n) is 3.68. The van der Waals surface area contributed by atoms with Crippen LogP contribution in [0, 0.1) is 11.7 Å². The fraction of sp³-hybridized carbons (Fsp3) is 0.588. The molecule has 0 radical (unpaired) electrons. The number of hydrogen-bond donors (Lipinski definition) is 1. The van der Waals surface area contributed by atoms with Gasteiger partial charge in [0.25, 0.3) is 0 Å². The highest BCUT2D eigenvalue weighted by molar-refractivity contribution is 6.30. The Hall–Kier alpha value is -1.33. The van der Waals surface area contributed by atoms with Crippen LogP contribution in [-0.4, -0.2) is 36.2 Å². The third kappa shape index (κ3) is 5.66. The van der Waals surface area contributed by atoms with Crippen LogP contribution in [0.15, 0.2) is 18.2 Å². The standard InChI is InChI=1S/C17H24ClFN2O2/c1-17(2,3)23-16(22)21-7-6-13(11-21)10-20-9-12-4-5-15(19)14(18)8-12/h4-5,8,13,20H,6-7,9-11H2,1-3H3. The van der Waals surface area contributed by atoms with E-state index in [2.05, 4.69) is 5.32 Å². The number of amides is 1. The van der Waals surface area contributed by atoms with Gasteiger partial charge in [0.15, 0.2) is 0 Å². The molecular weight excluding hydrogens is 319 g/mol. The van der Waals surface area contributed by atoms with E-state index >= 15 is 0 Å². The summed E-state index contributed by atoms with van der Waals surface area (Å²) in [6.07, 6.45) is 0.710. The zero-order valence-electron chi connectivity index (χ0n) is 13.9. The molecule has 1 amide bonds. The highest BCUT2D eigenvalue weighted by Crippen LogP contribution is 2.19. The van der Waals surface area contributed by atoms with E-state index in [4.69, 9.17) is 16.3 Å². The predicted octanol–water partition coefficient (Wildman–Crippen LogP) is 3.83. The Bertz CT molecular complexity index is 560. The average molecular weight is 343 g/mol. The SMILES string of the molecule is CC(C)(C)OC(=O)N1CCC(CNCc2ccc(F)c(Cl)c2)C1. The molecule has 1 N–H and O–H groups in total. The number of hydrogen-bond acceptors (Lipinski definition) is 3. The monoisotopic (exact) mass is 342 g/mol. The third-order valence-corrected chi connectivity index (χ3v) is 3.97. The molecule has 0 spiro atoms. The zero-order chi connectivity index (χ0) is 17.0. The van der Waals surface area contributed by atoms with Crippen molar-refractivity contribution in [2.45, 2.75) is 39.3 Å². The Labute approximate surface area is 141 Å². The van der Waals surface area contributed by atoms with E-state index in [1.165, 1.54) is 6.07 Å². The van der Waals surface area contributed by atoms with Gasteiger partial charge in [0.1, 0.15) is 11.4 Å². The molecule has 1 saturated heterocycles. The first-order valence-corrected chi connectivity index (χ1v) is 8.25. The highest BCUT2D eigenvalue weighted by atomic mass is 35.5. The first kappa shape index (κ1) is 18.0. The molecule has 1 aliphatic heterocycles. The molecule has 128 valence electrons. The van der Waals surface area contributed by atoms with Crippen LogP contribution in [0.2, 0.25) is 5.02 Å². The van der Waals surface area contributed by atoms with Gasteiger partial charge in [0, 0.05) is 26.2 Å². The molecule has 6 heteroatoms. The minimum absolute atomic E-state index is 0.140. The number of halogens is 2. The fourth-order valence-corrected chi connectivity index (χ4v) is 2.76. The maximum atomic E-state index is 13.1. The second-order valence-electron chi connectivity index (χ2n) is 6.96. The number of nitrogens with zero attached hydrogens (tertiary/aromatic N) is 1. The highest BCUT2D eigenvalue weighted by Gasteiger charge is 2.29. The van der Waals surface area contributed by atoms with Crippen LogP contribution in [0.5, 0.6) is 0 Å². The largest absolute Gasteiger partial charge is 0.444 e. The molecule has 0 bridgehead atoms. The topological polar surface area (TPSA) is 41.6 Å². The maximum Gasteiger partial charge on any atom is 0.410 e. The Morgan fingerprint density at radius 2 is 2.22 bits per heavy atom. The van der Waals surface area contributed by atoms with E-state index in [1.807, 2.05) is 20.8 Å². The van der Waals surface area contributed by atoms with Crippen molar-refractivity contribution in [2.24, 2.45) is 5.92 Å². The van der Waals surface area contributed by atoms with Crippen molar-refractivity contribution in [1.29, 1.82) is 0 Å². The predicted molar refractivity (Wildman–Crippen MR) is 89.0 cm³/mol. The first-order valence-electron chi connectivity index (χ1n) is 7.87. The van der Waals surface area contributed by atoms with E-state index in [1.54, 1.807) is 17.0 Å². The summed E-state index contributed by atoms with van der Waals surface area (Å²) in [5.74, 6) is -0.00218. The van der Waals surface area contributed by atoms with Gasteiger partial charge in [-0.2, -0.15) is 0 Å². The lowest BCUT2D eigenvalue weighted by Gasteiger charge is -2.24. The lowest BCUT2D eigenvalue weighted by atomic mass is 10.1. The average Bonchev–Trinajstić information content (AvgIpc) is 2.90. The Balaban J connectivity index is 1.73. The number of ether oxygens (including phenoxy) is 1. The van der Waals surface area contributed by atoms with Gasteiger partial charge in [-0.05, 0) is 50.8 Å². The molecule has 1 unspecified atom stereocenters. The van der Waals surface area contributed by atoms with Crippen molar-refractivity contribution in [2.75, 3.05) is 19.6 Å². The summed E-state index contributed by atoms with van der Waals surface area (Å²) in [6.45, 7) is 8.46. The minimum atomic E-state index is -0.463. The van der Waals surface area contributed by atoms with Crippen LogP contribution in [-0.2, 0) is 11.3 Å². The molecule has 0 aliphatic carbocycles. The fourth-order valence-electron chi connectivity index (χ4n) is 2.56. The van der Waals surface area contributed by atoms with Crippen LogP contribution in [0.1, 0.15) is 32.8 Å². The number of rotatable bonds is 4. The van der Waals surface area contributed by atoms with Crippen molar-refractivity contribution >= 4 is 17.7 Å². The first-order chi connectivity index (χ1) is 10.7. The summed E-state index contributed by atoms with van der Waals surface area (Å²) in [5.41, 5.74) is 0.480. The summed E-state index contributed by atoms with van der Waals surface area (Å²) in [7, 11) is 0. The second-order valence-corrected chi connectivity index (χ2v) is 7.37. The van der Waals surface area contributed by atoms with E-state index in [9.17, 15) is 9.18 Å². The van der Waals surface area contributed by atoms with Gasteiger partial charge in [-0.3, -0.25) is 0 Å². The van der Waals surface area contributed by atoms with Crippen LogP contribution >= 0.6 is 11.6 Å². The summed E-state index contributed by atoms with van der Waals surface area (Å²) in [4.78, 5) is 13.8. The van der Waals surface area contributed by atoms with Gasteiger partial charge < -0.3 is 15.0 Å². The van der Waals surface area contributed by atoms with E-state index in [0.29, 0.717) is 19.0 Å². The molecule has 0 saturated carbocycles. The molecule has 1 heterocycles. The summed E-state index contributed by atoms with van der Waals surface area (Å²) < 4.78 is 18.5. The minimum Gasteiger partial charge on any atom is -0.444 e. The van der Waals surface area contributed by atoms with Gasteiger partial charge in [0.2, 0.25) is 0 Å². The van der Waals surface area contributed by atoms with E-state index in [-0.39, 0.29) is 11.1 Å². The van der Waals surface area contributed by atoms with Gasteiger partial charge in [-0.1, -0.05) is 17.7 Å². The molecule has 1 aromatic rings. The molecule has 2 rings (SSSR count). The summed E-state index contributed by atoms with van der Waals surface area (Å²) >= 11 is 5.77. The molecule has 23 heavy (non-hydrogen) atoms. The van der Waals surface area contributed by atoms with Gasteiger partial charge in [0.05, 0.1) is 5.02 Å². The van der Waals surface area contributed by atoms with Crippen LogP contribution in [0.25, 0.3) is 0 Å². The Morgan fingerprint density at radius 3 is 2.87 bits per heavy atom. The van der Waals surface area contributed by atoms with Crippen molar-refractivity contribution in [3.8, 4) is 0 Å². The van der Waals surface area contributed by atoms with Crippen molar-refractivity contribution in [3.05, 3.63) is 34.6 Å².